The predicted molar refractivity (Wildman–Crippen MR) is 82.3 cm³/mol. The summed E-state index contributed by atoms with van der Waals surface area (Å²) in [5, 5.41) is 6.41. The lowest BCUT2D eigenvalue weighted by Gasteiger charge is -2.18. The Hall–Kier alpha value is -2.50. The van der Waals surface area contributed by atoms with Gasteiger partial charge in [0.1, 0.15) is 5.76 Å². The number of hydrogen-bond acceptors (Lipinski definition) is 5. The van der Waals surface area contributed by atoms with Crippen LogP contribution >= 0.6 is 0 Å². The van der Waals surface area contributed by atoms with Gasteiger partial charge in [-0.1, -0.05) is 18.1 Å². The van der Waals surface area contributed by atoms with Gasteiger partial charge in [-0.3, -0.25) is 4.79 Å². The van der Waals surface area contributed by atoms with Crippen molar-refractivity contribution in [2.45, 2.75) is 33.3 Å². The van der Waals surface area contributed by atoms with E-state index in [0.29, 0.717) is 29.5 Å². The maximum absolute atomic E-state index is 12.3. The number of aromatic nitrogens is 1. The van der Waals surface area contributed by atoms with Crippen LogP contribution in [-0.4, -0.2) is 24.3 Å². The van der Waals surface area contributed by atoms with Crippen LogP contribution < -0.4 is 14.8 Å². The minimum Gasteiger partial charge on any atom is -0.493 e. The number of hydrogen-bond donors (Lipinski definition) is 1. The first kappa shape index (κ1) is 15.9. The van der Waals surface area contributed by atoms with Gasteiger partial charge in [-0.25, -0.2) is 0 Å². The standard InChI is InChI=1S/C16H20N2O4/c1-5-12(16(19)17-15-9-11(3)22-18-15)21-13-7-6-10(2)8-14(13)20-4/h6-9,12H,5H2,1-4H3,(H,17,18,19)/t12-/m1/s1. The average molecular weight is 304 g/mol. The minimum absolute atomic E-state index is 0.279. The van der Waals surface area contributed by atoms with Crippen molar-refractivity contribution in [1.29, 1.82) is 0 Å². The first-order valence-electron chi connectivity index (χ1n) is 7.09. The number of carbonyl (C=O) groups is 1. The number of benzene rings is 1. The van der Waals surface area contributed by atoms with Gasteiger partial charge in [0.15, 0.2) is 23.4 Å². The molecule has 1 aromatic heterocycles. The lowest BCUT2D eigenvalue weighted by atomic mass is 10.2. The predicted octanol–water partition coefficient (Wildman–Crippen LogP) is 3.10. The molecule has 22 heavy (non-hydrogen) atoms. The molecule has 1 atom stereocenters. The van der Waals surface area contributed by atoms with Gasteiger partial charge in [0.05, 0.1) is 7.11 Å². The maximum atomic E-state index is 12.3. The molecule has 0 spiro atoms. The molecule has 0 saturated carbocycles. The van der Waals surface area contributed by atoms with Crippen LogP contribution in [0, 0.1) is 13.8 Å². The highest BCUT2D eigenvalue weighted by Crippen LogP contribution is 2.29. The second-order valence-corrected chi connectivity index (χ2v) is 4.98. The van der Waals surface area contributed by atoms with Crippen molar-refractivity contribution in [1.82, 2.24) is 5.16 Å². The number of rotatable bonds is 6. The molecule has 0 unspecified atom stereocenters. The summed E-state index contributed by atoms with van der Waals surface area (Å²) in [6.07, 6.45) is -0.131. The number of nitrogens with one attached hydrogen (secondary N) is 1. The quantitative estimate of drug-likeness (QED) is 0.887. The highest BCUT2D eigenvalue weighted by atomic mass is 16.5. The summed E-state index contributed by atoms with van der Waals surface area (Å²) in [5.74, 6) is 1.86. The van der Waals surface area contributed by atoms with E-state index in [-0.39, 0.29) is 5.91 Å². The van der Waals surface area contributed by atoms with Crippen molar-refractivity contribution in [3.63, 3.8) is 0 Å². The molecule has 0 aliphatic carbocycles. The zero-order valence-corrected chi connectivity index (χ0v) is 13.2. The maximum Gasteiger partial charge on any atom is 0.266 e. The molecule has 1 amide bonds. The van der Waals surface area contributed by atoms with Crippen LogP contribution in [0.4, 0.5) is 5.82 Å². The van der Waals surface area contributed by atoms with Crippen molar-refractivity contribution >= 4 is 11.7 Å². The highest BCUT2D eigenvalue weighted by Gasteiger charge is 2.21. The number of methoxy groups -OCH3 is 1. The summed E-state index contributed by atoms with van der Waals surface area (Å²) in [6.45, 7) is 5.59. The molecule has 0 radical (unpaired) electrons. The Morgan fingerprint density at radius 2 is 2.09 bits per heavy atom. The van der Waals surface area contributed by atoms with E-state index in [2.05, 4.69) is 10.5 Å². The Morgan fingerprint density at radius 3 is 2.68 bits per heavy atom. The molecule has 2 aromatic rings. The van der Waals surface area contributed by atoms with Crippen molar-refractivity contribution in [2.24, 2.45) is 0 Å². The summed E-state index contributed by atoms with van der Waals surface area (Å²) in [7, 11) is 1.57. The molecule has 0 saturated heterocycles. The lowest BCUT2D eigenvalue weighted by molar-refractivity contribution is -0.122. The van der Waals surface area contributed by atoms with E-state index < -0.39 is 6.10 Å². The monoisotopic (exact) mass is 304 g/mol. The van der Waals surface area contributed by atoms with Crippen molar-refractivity contribution in [3.8, 4) is 11.5 Å². The van der Waals surface area contributed by atoms with E-state index in [4.69, 9.17) is 14.0 Å². The smallest absolute Gasteiger partial charge is 0.266 e. The Kier molecular flexibility index (Phi) is 5.04. The SMILES string of the molecule is CC[C@@H](Oc1ccc(C)cc1OC)C(=O)Nc1cc(C)on1. The van der Waals surface area contributed by atoms with Gasteiger partial charge in [0.25, 0.3) is 5.91 Å². The van der Waals surface area contributed by atoms with Gasteiger partial charge in [0.2, 0.25) is 0 Å². The second-order valence-electron chi connectivity index (χ2n) is 4.98. The van der Waals surface area contributed by atoms with Gasteiger partial charge in [-0.15, -0.1) is 0 Å². The summed E-state index contributed by atoms with van der Waals surface area (Å²) < 4.78 is 16.0. The topological polar surface area (TPSA) is 73.6 Å². The van der Waals surface area contributed by atoms with E-state index in [1.54, 1.807) is 26.2 Å². The van der Waals surface area contributed by atoms with Crippen LogP contribution in [0.3, 0.4) is 0 Å². The van der Waals surface area contributed by atoms with Gasteiger partial charge < -0.3 is 19.3 Å². The van der Waals surface area contributed by atoms with E-state index in [1.165, 1.54) is 0 Å². The van der Waals surface area contributed by atoms with Crippen molar-refractivity contribution in [2.75, 3.05) is 12.4 Å². The van der Waals surface area contributed by atoms with Gasteiger partial charge >= 0.3 is 0 Å². The Balaban J connectivity index is 2.10. The molecule has 2 rings (SSSR count). The van der Waals surface area contributed by atoms with Gasteiger partial charge in [-0.05, 0) is 38.0 Å². The molecular weight excluding hydrogens is 284 g/mol. The van der Waals surface area contributed by atoms with Crippen LogP contribution in [0.25, 0.3) is 0 Å². The lowest BCUT2D eigenvalue weighted by Crippen LogP contribution is -2.32. The summed E-state index contributed by atoms with van der Waals surface area (Å²) in [4.78, 5) is 12.3. The molecule has 0 aliphatic rings. The third-order valence-corrected chi connectivity index (χ3v) is 3.13. The fourth-order valence-corrected chi connectivity index (χ4v) is 1.98. The fourth-order valence-electron chi connectivity index (χ4n) is 1.98. The molecule has 0 bridgehead atoms. The molecule has 118 valence electrons. The first-order chi connectivity index (χ1) is 10.5. The molecule has 6 heteroatoms. The van der Waals surface area contributed by atoms with Crippen molar-refractivity contribution < 1.29 is 18.8 Å². The average Bonchev–Trinajstić information content (AvgIpc) is 2.90. The number of aryl methyl sites for hydroxylation is 2. The molecule has 6 nitrogen and oxygen atoms in total. The van der Waals surface area contributed by atoms with E-state index in [9.17, 15) is 4.79 Å². The number of nitrogens with zero attached hydrogens (tertiary/aromatic N) is 1. The van der Waals surface area contributed by atoms with Gasteiger partial charge in [0, 0.05) is 6.07 Å². The zero-order chi connectivity index (χ0) is 16.1. The number of ether oxygens (including phenoxy) is 2. The van der Waals surface area contributed by atoms with Crippen LogP contribution in [0.2, 0.25) is 0 Å². The summed E-state index contributed by atoms with van der Waals surface area (Å²) >= 11 is 0. The fraction of sp³-hybridized carbons (Fsp3) is 0.375. The van der Waals surface area contributed by atoms with Crippen LogP contribution in [0.15, 0.2) is 28.8 Å². The third kappa shape index (κ3) is 3.78. The Labute approximate surface area is 129 Å². The van der Waals surface area contributed by atoms with Gasteiger partial charge in [-0.2, -0.15) is 0 Å². The number of anilines is 1. The second kappa shape index (κ2) is 6.98. The Morgan fingerprint density at radius 1 is 1.32 bits per heavy atom. The molecule has 0 aliphatic heterocycles. The van der Waals surface area contributed by atoms with Crippen LogP contribution in [-0.2, 0) is 4.79 Å². The largest absolute Gasteiger partial charge is 0.493 e. The minimum atomic E-state index is -0.645. The zero-order valence-electron chi connectivity index (χ0n) is 13.2. The first-order valence-corrected chi connectivity index (χ1v) is 7.09. The van der Waals surface area contributed by atoms with E-state index >= 15 is 0 Å². The summed E-state index contributed by atoms with van der Waals surface area (Å²) in [6, 6.07) is 7.21. The molecule has 1 N–H and O–H groups in total. The molecule has 1 aromatic carbocycles. The molecular formula is C16H20N2O4. The van der Waals surface area contributed by atoms with E-state index in [0.717, 1.165) is 5.56 Å². The van der Waals surface area contributed by atoms with Crippen molar-refractivity contribution in [3.05, 3.63) is 35.6 Å². The van der Waals surface area contributed by atoms with E-state index in [1.807, 2.05) is 26.0 Å². The third-order valence-electron chi connectivity index (χ3n) is 3.13. The number of carbonyl (C=O) groups excluding carboxylic acids is 1. The highest BCUT2D eigenvalue weighted by molar-refractivity contribution is 5.93. The van der Waals surface area contributed by atoms with Crippen LogP contribution in [0.1, 0.15) is 24.7 Å². The normalized spacial score (nSPS) is 11.8. The Bertz CT molecular complexity index is 651. The van der Waals surface area contributed by atoms with Crippen LogP contribution in [0.5, 0.6) is 11.5 Å². The summed E-state index contributed by atoms with van der Waals surface area (Å²) in [5.41, 5.74) is 1.06. The molecule has 1 heterocycles. The molecule has 0 fully saturated rings. The number of amides is 1.